The van der Waals surface area contributed by atoms with Crippen molar-refractivity contribution in [2.45, 2.75) is 38.6 Å². The smallest absolute Gasteiger partial charge is 0.306 e. The number of aliphatic carboxylic acids is 1. The van der Waals surface area contributed by atoms with Crippen LogP contribution in [-0.4, -0.2) is 20.6 Å². The largest absolute Gasteiger partial charge is 0.481 e. The highest BCUT2D eigenvalue weighted by atomic mass is 16.4. The lowest BCUT2D eigenvalue weighted by Crippen LogP contribution is -2.23. The molecule has 0 saturated heterocycles. The molecule has 1 aromatic heterocycles. The molecule has 0 bridgehead atoms. The Bertz CT molecular complexity index is 351. The lowest BCUT2D eigenvalue weighted by Gasteiger charge is -2.27. The molecule has 4 heteroatoms. The van der Waals surface area contributed by atoms with Gasteiger partial charge in [0.25, 0.3) is 0 Å². The summed E-state index contributed by atoms with van der Waals surface area (Å²) < 4.78 is 2.16. The number of imidazole rings is 1. The van der Waals surface area contributed by atoms with E-state index >= 15 is 0 Å². The van der Waals surface area contributed by atoms with E-state index in [1.807, 2.05) is 13.1 Å². The zero-order chi connectivity index (χ0) is 10.8. The molecule has 0 unspecified atom stereocenters. The van der Waals surface area contributed by atoms with Crippen molar-refractivity contribution >= 4 is 5.97 Å². The minimum absolute atomic E-state index is 0.134. The van der Waals surface area contributed by atoms with Crippen LogP contribution in [0.3, 0.4) is 0 Å². The summed E-state index contributed by atoms with van der Waals surface area (Å²) >= 11 is 0. The second-order valence-electron chi connectivity index (χ2n) is 4.23. The van der Waals surface area contributed by atoms with E-state index in [1.165, 1.54) is 0 Å². The van der Waals surface area contributed by atoms with Crippen molar-refractivity contribution in [3.05, 3.63) is 18.2 Å². The van der Waals surface area contributed by atoms with Crippen LogP contribution in [0.4, 0.5) is 0 Å². The first-order valence-corrected chi connectivity index (χ1v) is 5.40. The van der Waals surface area contributed by atoms with Gasteiger partial charge in [0.2, 0.25) is 0 Å². The predicted molar refractivity (Wildman–Crippen MR) is 55.6 cm³/mol. The highest BCUT2D eigenvalue weighted by Gasteiger charge is 2.26. The van der Waals surface area contributed by atoms with Gasteiger partial charge in [0.05, 0.1) is 5.92 Å². The molecule has 0 spiro atoms. The normalized spacial score (nSPS) is 26.5. The number of aryl methyl sites for hydroxylation is 1. The number of rotatable bonds is 2. The van der Waals surface area contributed by atoms with Crippen molar-refractivity contribution in [1.82, 2.24) is 9.55 Å². The zero-order valence-corrected chi connectivity index (χ0v) is 8.89. The molecule has 2 rings (SSSR count). The van der Waals surface area contributed by atoms with Gasteiger partial charge in [-0.3, -0.25) is 4.79 Å². The van der Waals surface area contributed by atoms with Crippen LogP contribution in [0.15, 0.2) is 12.4 Å². The van der Waals surface area contributed by atoms with Gasteiger partial charge in [-0.15, -0.1) is 0 Å². The molecule has 4 nitrogen and oxygen atoms in total. The summed E-state index contributed by atoms with van der Waals surface area (Å²) in [6.45, 7) is 1.99. The van der Waals surface area contributed by atoms with E-state index in [2.05, 4.69) is 9.55 Å². The number of carboxylic acids is 1. The van der Waals surface area contributed by atoms with Crippen LogP contribution in [0.25, 0.3) is 0 Å². The molecule has 1 aliphatic rings. The number of hydrogen-bond acceptors (Lipinski definition) is 2. The third-order valence-corrected chi connectivity index (χ3v) is 3.30. The molecule has 0 aromatic carbocycles. The van der Waals surface area contributed by atoms with Gasteiger partial charge in [0, 0.05) is 18.4 Å². The monoisotopic (exact) mass is 208 g/mol. The van der Waals surface area contributed by atoms with Crippen molar-refractivity contribution in [3.63, 3.8) is 0 Å². The van der Waals surface area contributed by atoms with Crippen LogP contribution in [0.1, 0.15) is 37.5 Å². The lowest BCUT2D eigenvalue weighted by atomic mass is 9.86. The number of aromatic nitrogens is 2. The van der Waals surface area contributed by atoms with Crippen molar-refractivity contribution < 1.29 is 9.90 Å². The van der Waals surface area contributed by atoms with Gasteiger partial charge in [0.1, 0.15) is 5.82 Å². The van der Waals surface area contributed by atoms with Crippen LogP contribution < -0.4 is 0 Å². The highest BCUT2D eigenvalue weighted by molar-refractivity contribution is 5.70. The number of carboxylic acid groups (broad SMARTS) is 1. The molecule has 1 saturated carbocycles. The Morgan fingerprint density at radius 2 is 2.13 bits per heavy atom. The molecule has 1 heterocycles. The molecule has 1 aliphatic carbocycles. The zero-order valence-electron chi connectivity index (χ0n) is 8.89. The molecule has 0 amide bonds. The molecule has 0 aliphatic heterocycles. The van der Waals surface area contributed by atoms with Crippen molar-refractivity contribution in [3.8, 4) is 0 Å². The molecule has 1 N–H and O–H groups in total. The van der Waals surface area contributed by atoms with Gasteiger partial charge < -0.3 is 9.67 Å². The van der Waals surface area contributed by atoms with E-state index < -0.39 is 5.97 Å². The average Bonchev–Trinajstić information content (AvgIpc) is 2.65. The summed E-state index contributed by atoms with van der Waals surface area (Å²) in [5.41, 5.74) is 0. The summed E-state index contributed by atoms with van der Waals surface area (Å²) in [5.74, 6) is 0.245. The minimum Gasteiger partial charge on any atom is -0.481 e. The number of hydrogen-bond donors (Lipinski definition) is 1. The average molecular weight is 208 g/mol. The maximum atomic E-state index is 10.8. The third-order valence-electron chi connectivity index (χ3n) is 3.30. The molecule has 1 aromatic rings. The van der Waals surface area contributed by atoms with Gasteiger partial charge in [-0.1, -0.05) is 0 Å². The van der Waals surface area contributed by atoms with E-state index in [0.29, 0.717) is 6.04 Å². The molecule has 0 atom stereocenters. The Balaban J connectivity index is 2.00. The Morgan fingerprint density at radius 1 is 1.47 bits per heavy atom. The standard InChI is InChI=1S/C11H16N2O2/c1-8-12-6-7-13(8)10-4-2-9(3-5-10)11(14)15/h6-7,9-10H,2-5H2,1H3,(H,14,15). The Labute approximate surface area is 88.9 Å². The first-order valence-electron chi connectivity index (χ1n) is 5.40. The predicted octanol–water partition coefficient (Wildman–Crippen LogP) is 2.01. The topological polar surface area (TPSA) is 55.1 Å². The first kappa shape index (κ1) is 10.2. The summed E-state index contributed by atoms with van der Waals surface area (Å²) in [5, 5.41) is 8.89. The van der Waals surface area contributed by atoms with Gasteiger partial charge in [0.15, 0.2) is 0 Å². The quantitative estimate of drug-likeness (QED) is 0.808. The van der Waals surface area contributed by atoms with Crippen LogP contribution in [0, 0.1) is 12.8 Å². The Morgan fingerprint density at radius 3 is 2.60 bits per heavy atom. The third kappa shape index (κ3) is 2.03. The van der Waals surface area contributed by atoms with Crippen LogP contribution >= 0.6 is 0 Å². The second-order valence-corrected chi connectivity index (χ2v) is 4.23. The van der Waals surface area contributed by atoms with E-state index in [-0.39, 0.29) is 5.92 Å². The summed E-state index contributed by atoms with van der Waals surface area (Å²) in [6, 6.07) is 0.447. The fourth-order valence-electron chi connectivity index (χ4n) is 2.37. The molecular formula is C11H16N2O2. The molecule has 82 valence electrons. The lowest BCUT2D eigenvalue weighted by molar-refractivity contribution is -0.143. The highest BCUT2D eigenvalue weighted by Crippen LogP contribution is 2.32. The van der Waals surface area contributed by atoms with E-state index in [0.717, 1.165) is 31.5 Å². The van der Waals surface area contributed by atoms with E-state index in [9.17, 15) is 4.79 Å². The van der Waals surface area contributed by atoms with Crippen molar-refractivity contribution in [1.29, 1.82) is 0 Å². The van der Waals surface area contributed by atoms with Gasteiger partial charge in [-0.05, 0) is 32.6 Å². The van der Waals surface area contributed by atoms with Gasteiger partial charge >= 0.3 is 5.97 Å². The van der Waals surface area contributed by atoms with E-state index in [4.69, 9.17) is 5.11 Å². The van der Waals surface area contributed by atoms with Crippen LogP contribution in [0.2, 0.25) is 0 Å². The number of nitrogens with zero attached hydrogens (tertiary/aromatic N) is 2. The van der Waals surface area contributed by atoms with Gasteiger partial charge in [-0.25, -0.2) is 4.98 Å². The van der Waals surface area contributed by atoms with Gasteiger partial charge in [-0.2, -0.15) is 0 Å². The fourth-order valence-corrected chi connectivity index (χ4v) is 2.37. The Kier molecular flexibility index (Phi) is 2.75. The maximum Gasteiger partial charge on any atom is 0.306 e. The maximum absolute atomic E-state index is 10.8. The van der Waals surface area contributed by atoms with Crippen LogP contribution in [0.5, 0.6) is 0 Å². The molecule has 15 heavy (non-hydrogen) atoms. The first-order chi connectivity index (χ1) is 7.18. The fraction of sp³-hybridized carbons (Fsp3) is 0.636. The van der Waals surface area contributed by atoms with Crippen molar-refractivity contribution in [2.24, 2.45) is 5.92 Å². The Hall–Kier alpha value is -1.32. The second kappa shape index (κ2) is 4.04. The minimum atomic E-state index is -0.643. The number of carbonyl (C=O) groups is 1. The van der Waals surface area contributed by atoms with Crippen molar-refractivity contribution in [2.75, 3.05) is 0 Å². The SMILES string of the molecule is Cc1nccn1C1CCC(C(=O)O)CC1. The molecule has 1 fully saturated rings. The summed E-state index contributed by atoms with van der Waals surface area (Å²) in [7, 11) is 0. The molecular weight excluding hydrogens is 192 g/mol. The molecule has 0 radical (unpaired) electrons. The van der Waals surface area contributed by atoms with E-state index in [1.54, 1.807) is 6.20 Å². The van der Waals surface area contributed by atoms with Crippen LogP contribution in [-0.2, 0) is 4.79 Å². The summed E-state index contributed by atoms with van der Waals surface area (Å²) in [4.78, 5) is 15.0. The summed E-state index contributed by atoms with van der Waals surface area (Å²) in [6.07, 6.45) is 7.28.